The van der Waals surface area contributed by atoms with Gasteiger partial charge in [-0.1, -0.05) is 30.3 Å². The Morgan fingerprint density at radius 2 is 1.78 bits per heavy atom. The summed E-state index contributed by atoms with van der Waals surface area (Å²) in [6.45, 7) is 0.930. The summed E-state index contributed by atoms with van der Waals surface area (Å²) in [5.41, 5.74) is 2.93. The molecule has 0 bridgehead atoms. The molecule has 2 unspecified atom stereocenters. The van der Waals surface area contributed by atoms with Gasteiger partial charge in [0.2, 0.25) is 17.7 Å². The van der Waals surface area contributed by atoms with Crippen molar-refractivity contribution in [1.29, 1.82) is 0 Å². The number of rotatable bonds is 6. The summed E-state index contributed by atoms with van der Waals surface area (Å²) in [4.78, 5) is 52.1. The van der Waals surface area contributed by atoms with Crippen molar-refractivity contribution in [2.24, 2.45) is 0 Å². The van der Waals surface area contributed by atoms with Crippen molar-refractivity contribution in [3.63, 3.8) is 0 Å². The van der Waals surface area contributed by atoms with Crippen LogP contribution in [0.1, 0.15) is 39.9 Å². The highest BCUT2D eigenvalue weighted by Crippen LogP contribution is 2.34. The van der Waals surface area contributed by atoms with Crippen LogP contribution in [0.15, 0.2) is 42.5 Å². The number of amides is 4. The molecule has 182 valence electrons. The van der Waals surface area contributed by atoms with E-state index in [2.05, 4.69) is 5.32 Å². The van der Waals surface area contributed by atoms with E-state index in [0.29, 0.717) is 23.3 Å². The Morgan fingerprint density at radius 1 is 1.05 bits per heavy atom. The molecule has 2 saturated heterocycles. The fourth-order valence-corrected chi connectivity index (χ4v) is 4.84. The van der Waals surface area contributed by atoms with Crippen LogP contribution in [0.5, 0.6) is 5.75 Å². The first-order chi connectivity index (χ1) is 17.6. The molecule has 9 nitrogen and oxygen atoms in total. The maximum Gasteiger partial charge on any atom is 0.255 e. The average molecular weight is 493 g/mol. The zero-order chi connectivity index (χ0) is 26.3. The number of ether oxygens (including phenoxy) is 2. The number of nitrogens with zero attached hydrogens (tertiary/aromatic N) is 2. The Morgan fingerprint density at radius 3 is 2.51 bits per heavy atom. The molecule has 37 heavy (non-hydrogen) atoms. The predicted octanol–water partition coefficient (Wildman–Crippen LogP) is -0.129. The maximum atomic E-state index is 13.0. The van der Waals surface area contributed by atoms with Gasteiger partial charge in [0.05, 0.1) is 11.9 Å². The average Bonchev–Trinajstić information content (AvgIpc) is 3.18. The zero-order valence-electron chi connectivity index (χ0n) is 20.0. The third kappa shape index (κ3) is 5.02. The van der Waals surface area contributed by atoms with Gasteiger partial charge in [-0.2, -0.15) is 0 Å². The number of piperidine rings is 1. The highest BCUT2D eigenvalue weighted by Gasteiger charge is 2.40. The van der Waals surface area contributed by atoms with E-state index >= 15 is 0 Å². The van der Waals surface area contributed by atoms with Gasteiger partial charge in [0.15, 0.2) is 0 Å². The number of benzene rings is 2. The molecule has 2 fully saturated rings. The normalized spacial score (nSPS) is 23.1. The monoisotopic (exact) mass is 493 g/mol. The van der Waals surface area contributed by atoms with Gasteiger partial charge in [0.25, 0.3) is 5.91 Å². The second kappa shape index (κ2) is 9.74. The number of imide groups is 1. The molecule has 5 rings (SSSR count). The van der Waals surface area contributed by atoms with Crippen LogP contribution in [0.3, 0.4) is 0 Å². The van der Waals surface area contributed by atoms with Crippen molar-refractivity contribution >= 4 is 47.2 Å². The first-order valence-electron chi connectivity index (χ1n) is 11.9. The van der Waals surface area contributed by atoms with Crippen molar-refractivity contribution in [3.05, 3.63) is 64.7 Å². The van der Waals surface area contributed by atoms with Crippen molar-refractivity contribution in [3.8, 4) is 5.75 Å². The Labute approximate surface area is 218 Å². The van der Waals surface area contributed by atoms with Crippen LogP contribution in [-0.2, 0) is 38.8 Å². The van der Waals surface area contributed by atoms with E-state index in [0.717, 1.165) is 11.1 Å². The quantitative estimate of drug-likeness (QED) is 0.445. The molecular weight excluding hydrogens is 471 g/mol. The van der Waals surface area contributed by atoms with Crippen molar-refractivity contribution < 1.29 is 28.7 Å². The van der Waals surface area contributed by atoms with Crippen LogP contribution < -0.4 is 10.1 Å². The Kier molecular flexibility index (Phi) is 6.62. The van der Waals surface area contributed by atoms with Gasteiger partial charge in [-0.25, -0.2) is 0 Å². The van der Waals surface area contributed by atoms with Gasteiger partial charge in [-0.3, -0.25) is 24.5 Å². The topological polar surface area (TPSA) is 105 Å². The smallest absolute Gasteiger partial charge is 0.255 e. The van der Waals surface area contributed by atoms with Crippen LogP contribution >= 0.6 is 0 Å². The van der Waals surface area contributed by atoms with Crippen LogP contribution in [0.4, 0.5) is 0 Å². The summed E-state index contributed by atoms with van der Waals surface area (Å²) >= 11 is 0. The van der Waals surface area contributed by atoms with Crippen LogP contribution in [0, 0.1) is 0 Å². The van der Waals surface area contributed by atoms with E-state index in [1.807, 2.05) is 24.3 Å². The highest BCUT2D eigenvalue weighted by atomic mass is 16.5. The summed E-state index contributed by atoms with van der Waals surface area (Å²) in [6, 6.07) is 11.3. The largest absolute Gasteiger partial charge is 0.489 e. The molecule has 6 radical (unpaired) electrons. The van der Waals surface area contributed by atoms with Gasteiger partial charge < -0.3 is 19.3 Å². The molecule has 1 N–H and O–H groups in total. The van der Waals surface area contributed by atoms with E-state index in [9.17, 15) is 19.2 Å². The molecule has 3 heterocycles. The summed E-state index contributed by atoms with van der Waals surface area (Å²) in [5, 5.41) is 0.356. The Bertz CT molecular complexity index is 1270. The number of nitrogens with one attached hydrogen (secondary N) is 1. The molecule has 3 aliphatic heterocycles. The van der Waals surface area contributed by atoms with Crippen LogP contribution in [0.25, 0.3) is 0 Å². The predicted molar refractivity (Wildman–Crippen MR) is 134 cm³/mol. The van der Waals surface area contributed by atoms with Gasteiger partial charge in [-0.15, -0.1) is 0 Å². The third-order valence-electron chi connectivity index (χ3n) is 6.70. The molecule has 0 saturated carbocycles. The molecule has 2 atom stereocenters. The molecular formula is C25H22B3N3O6. The van der Waals surface area contributed by atoms with E-state index in [-0.39, 0.29) is 44.5 Å². The lowest BCUT2D eigenvalue weighted by atomic mass is 9.62. The van der Waals surface area contributed by atoms with Gasteiger partial charge >= 0.3 is 0 Å². The van der Waals surface area contributed by atoms with E-state index in [1.165, 1.54) is 9.80 Å². The van der Waals surface area contributed by atoms with Crippen LogP contribution in [0.2, 0.25) is 0 Å². The van der Waals surface area contributed by atoms with E-state index < -0.39 is 29.3 Å². The summed E-state index contributed by atoms with van der Waals surface area (Å²) < 4.78 is 11.2. The fourth-order valence-electron chi connectivity index (χ4n) is 4.84. The van der Waals surface area contributed by atoms with Gasteiger partial charge in [-0.05, 0) is 29.7 Å². The molecule has 0 spiro atoms. The third-order valence-corrected chi connectivity index (χ3v) is 6.70. The number of hydrogen-bond acceptors (Lipinski definition) is 6. The fraction of sp³-hybridized carbons (Fsp3) is 0.360. The summed E-state index contributed by atoms with van der Waals surface area (Å²) in [6.07, 6.45) is 0.494. The number of morpholine rings is 1. The molecule has 3 aliphatic rings. The Balaban J connectivity index is 1.23. The van der Waals surface area contributed by atoms with Crippen molar-refractivity contribution in [1.82, 2.24) is 15.1 Å². The lowest BCUT2D eigenvalue weighted by Crippen LogP contribution is -2.60. The first kappa shape index (κ1) is 25.1. The lowest BCUT2D eigenvalue weighted by Gasteiger charge is -2.42. The molecule has 12 heteroatoms. The lowest BCUT2D eigenvalue weighted by molar-refractivity contribution is -0.153. The zero-order valence-corrected chi connectivity index (χ0v) is 20.0. The van der Waals surface area contributed by atoms with Crippen molar-refractivity contribution in [2.75, 3.05) is 6.54 Å². The number of fused-ring (bicyclic) bond motifs is 1. The maximum absolute atomic E-state index is 13.0. The van der Waals surface area contributed by atoms with E-state index in [4.69, 9.17) is 33.0 Å². The number of carbonyl (C=O) groups excluding carboxylic acids is 4. The Hall–Kier alpha value is -3.53. The SMILES string of the molecule is [B]C1CN(Cc2ccc(COc3cccc4c3CN(C3CCC(=O)NC3=O)C4=O)cc2)C(=O)C([B])([B])O1. The minimum absolute atomic E-state index is 0.174. The number of hydrogen-bond donors (Lipinski definition) is 1. The molecule has 0 aliphatic carbocycles. The number of carbonyl (C=O) groups is 4. The second-order valence-corrected chi connectivity index (χ2v) is 9.42. The summed E-state index contributed by atoms with van der Waals surface area (Å²) in [5.74, 6) is -1.02. The van der Waals surface area contributed by atoms with Gasteiger partial charge in [0.1, 0.15) is 41.9 Å². The molecule has 0 aromatic heterocycles. The first-order valence-corrected chi connectivity index (χ1v) is 11.9. The standard InChI is InChI=1S/C25H22B3N3O6/c26-20-12-30(24(35)25(27,28)37-20)10-14-4-6-15(7-5-14)13-36-19-3-1-2-16-17(19)11-31(23(16)34)18-8-9-21(32)29-22(18)33/h1-7,18,20H,8-13H2,(H,29,32,33). The highest BCUT2D eigenvalue weighted by molar-refractivity contribution is 6.50. The second-order valence-electron chi connectivity index (χ2n) is 9.42. The molecule has 4 amide bonds. The molecule has 2 aromatic carbocycles. The minimum Gasteiger partial charge on any atom is -0.489 e. The van der Waals surface area contributed by atoms with Crippen LogP contribution in [-0.4, -0.2) is 81.0 Å². The van der Waals surface area contributed by atoms with Gasteiger partial charge in [0, 0.05) is 36.6 Å². The molecule has 2 aromatic rings. The van der Waals surface area contributed by atoms with Crippen molar-refractivity contribution in [2.45, 2.75) is 50.0 Å². The summed E-state index contributed by atoms with van der Waals surface area (Å²) in [7, 11) is 17.2. The minimum atomic E-state index is -1.95. The van der Waals surface area contributed by atoms with E-state index in [1.54, 1.807) is 18.2 Å².